The molecule has 0 bridgehead atoms. The summed E-state index contributed by atoms with van der Waals surface area (Å²) >= 11 is 0. The summed E-state index contributed by atoms with van der Waals surface area (Å²) in [6.45, 7) is 2.46. The van der Waals surface area contributed by atoms with E-state index in [9.17, 15) is 19.6 Å². The molecule has 0 saturated carbocycles. The average molecular weight is 395 g/mol. The number of nitrogens with one attached hydrogen (secondary N) is 2. The molecule has 29 heavy (non-hydrogen) atoms. The highest BCUT2D eigenvalue weighted by atomic mass is 16.5. The SMILES string of the molecule is CCCCCn1nc(C(=O)NNC(=O)c2cc[n+]([O-])cc2)c2ccccc2c1=O. The third-order valence-corrected chi connectivity index (χ3v) is 4.41. The minimum atomic E-state index is -0.645. The number of rotatable bonds is 6. The van der Waals surface area contributed by atoms with Gasteiger partial charge in [0.05, 0.1) is 10.9 Å². The Morgan fingerprint density at radius 1 is 1.03 bits per heavy atom. The van der Waals surface area contributed by atoms with Crippen LogP contribution in [0.15, 0.2) is 53.6 Å². The quantitative estimate of drug-likeness (QED) is 0.282. The minimum Gasteiger partial charge on any atom is -0.619 e. The van der Waals surface area contributed by atoms with E-state index in [0.29, 0.717) is 22.0 Å². The second-order valence-corrected chi connectivity index (χ2v) is 6.48. The first kappa shape index (κ1) is 20.0. The lowest BCUT2D eigenvalue weighted by molar-refractivity contribution is -0.605. The maximum atomic E-state index is 12.7. The third kappa shape index (κ3) is 4.57. The van der Waals surface area contributed by atoms with Crippen LogP contribution in [-0.4, -0.2) is 21.6 Å². The van der Waals surface area contributed by atoms with Crippen molar-refractivity contribution in [3.63, 3.8) is 0 Å². The molecule has 2 aromatic heterocycles. The molecule has 9 heteroatoms. The zero-order valence-electron chi connectivity index (χ0n) is 15.9. The summed E-state index contributed by atoms with van der Waals surface area (Å²) in [6.07, 6.45) is 5.07. The summed E-state index contributed by atoms with van der Waals surface area (Å²) in [5, 5.41) is 16.1. The van der Waals surface area contributed by atoms with Gasteiger partial charge in [0.1, 0.15) is 0 Å². The summed E-state index contributed by atoms with van der Waals surface area (Å²) in [5.74, 6) is -1.23. The van der Waals surface area contributed by atoms with Gasteiger partial charge in [-0.05, 0) is 12.5 Å². The van der Waals surface area contributed by atoms with Crippen molar-refractivity contribution in [2.45, 2.75) is 32.7 Å². The Hall–Kier alpha value is -3.75. The van der Waals surface area contributed by atoms with Gasteiger partial charge >= 0.3 is 0 Å². The molecule has 0 aliphatic carbocycles. The van der Waals surface area contributed by atoms with Crippen molar-refractivity contribution in [2.24, 2.45) is 0 Å². The van der Waals surface area contributed by atoms with Crippen LogP contribution in [0.4, 0.5) is 0 Å². The molecule has 3 aromatic rings. The van der Waals surface area contributed by atoms with E-state index in [2.05, 4.69) is 22.9 Å². The zero-order valence-corrected chi connectivity index (χ0v) is 15.9. The first-order valence-corrected chi connectivity index (χ1v) is 9.30. The van der Waals surface area contributed by atoms with Crippen molar-refractivity contribution < 1.29 is 14.3 Å². The van der Waals surface area contributed by atoms with Gasteiger partial charge in [0, 0.05) is 24.1 Å². The Labute approximate surface area is 166 Å². The summed E-state index contributed by atoms with van der Waals surface area (Å²) in [7, 11) is 0. The fraction of sp³-hybridized carbons (Fsp3) is 0.250. The highest BCUT2D eigenvalue weighted by molar-refractivity contribution is 6.05. The van der Waals surface area contributed by atoms with Gasteiger partial charge in [0.2, 0.25) is 0 Å². The van der Waals surface area contributed by atoms with E-state index in [4.69, 9.17) is 0 Å². The molecular weight excluding hydrogens is 374 g/mol. The first-order chi connectivity index (χ1) is 14.0. The van der Waals surface area contributed by atoms with Crippen molar-refractivity contribution in [1.82, 2.24) is 20.6 Å². The Kier molecular flexibility index (Phi) is 6.18. The molecule has 0 aliphatic heterocycles. The van der Waals surface area contributed by atoms with Crippen molar-refractivity contribution in [2.75, 3.05) is 0 Å². The lowest BCUT2D eigenvalue weighted by atomic mass is 10.1. The van der Waals surface area contributed by atoms with Crippen LogP contribution in [0.2, 0.25) is 0 Å². The number of aryl methyl sites for hydroxylation is 1. The molecule has 2 amide bonds. The molecule has 0 radical (unpaired) electrons. The molecule has 2 N–H and O–H groups in total. The average Bonchev–Trinajstić information content (AvgIpc) is 2.74. The predicted molar refractivity (Wildman–Crippen MR) is 106 cm³/mol. The minimum absolute atomic E-state index is 0.0439. The summed E-state index contributed by atoms with van der Waals surface area (Å²) in [5.41, 5.74) is 4.60. The molecule has 0 aliphatic rings. The second-order valence-electron chi connectivity index (χ2n) is 6.48. The van der Waals surface area contributed by atoms with Gasteiger partial charge in [0.25, 0.3) is 17.4 Å². The predicted octanol–water partition coefficient (Wildman–Crippen LogP) is 1.29. The maximum Gasteiger partial charge on any atom is 0.290 e. The third-order valence-electron chi connectivity index (χ3n) is 4.41. The topological polar surface area (TPSA) is 120 Å². The van der Waals surface area contributed by atoms with Crippen molar-refractivity contribution in [3.05, 3.63) is 75.6 Å². The molecule has 0 spiro atoms. The number of hydrazine groups is 1. The van der Waals surface area contributed by atoms with Crippen molar-refractivity contribution >= 4 is 22.6 Å². The second kappa shape index (κ2) is 8.96. The zero-order chi connectivity index (χ0) is 20.8. The van der Waals surface area contributed by atoms with Crippen LogP contribution in [0.3, 0.4) is 0 Å². The molecule has 0 fully saturated rings. The van der Waals surface area contributed by atoms with Gasteiger partial charge in [0.15, 0.2) is 18.1 Å². The molecular formula is C20H21N5O4. The molecule has 150 valence electrons. The lowest BCUT2D eigenvalue weighted by Gasteiger charge is -2.12. The highest BCUT2D eigenvalue weighted by Crippen LogP contribution is 2.13. The van der Waals surface area contributed by atoms with Crippen LogP contribution >= 0.6 is 0 Å². The van der Waals surface area contributed by atoms with Gasteiger partial charge in [-0.2, -0.15) is 9.83 Å². The fourth-order valence-electron chi connectivity index (χ4n) is 2.88. The van der Waals surface area contributed by atoms with Crippen LogP contribution in [-0.2, 0) is 6.54 Å². The number of hydrogen-bond acceptors (Lipinski definition) is 5. The normalized spacial score (nSPS) is 10.7. The molecule has 0 saturated heterocycles. The largest absolute Gasteiger partial charge is 0.619 e. The summed E-state index contributed by atoms with van der Waals surface area (Å²) < 4.78 is 1.84. The molecule has 2 heterocycles. The Morgan fingerprint density at radius 3 is 2.38 bits per heavy atom. The molecule has 3 rings (SSSR count). The Bertz CT molecular complexity index is 1090. The smallest absolute Gasteiger partial charge is 0.290 e. The fourth-order valence-corrected chi connectivity index (χ4v) is 2.88. The number of fused-ring (bicyclic) bond motifs is 1. The molecule has 0 unspecified atom stereocenters. The van der Waals surface area contributed by atoms with Crippen LogP contribution in [0.25, 0.3) is 10.8 Å². The first-order valence-electron chi connectivity index (χ1n) is 9.30. The van der Waals surface area contributed by atoms with Gasteiger partial charge in [-0.25, -0.2) is 4.68 Å². The highest BCUT2D eigenvalue weighted by Gasteiger charge is 2.17. The number of amides is 2. The van der Waals surface area contributed by atoms with Gasteiger partial charge < -0.3 is 5.21 Å². The Balaban J connectivity index is 1.84. The molecule has 0 atom stereocenters. The van der Waals surface area contributed by atoms with Gasteiger partial charge in [-0.1, -0.05) is 38.0 Å². The monoisotopic (exact) mass is 395 g/mol. The van der Waals surface area contributed by atoms with E-state index in [-0.39, 0.29) is 16.8 Å². The number of carbonyl (C=O) groups is 2. The van der Waals surface area contributed by atoms with Crippen LogP contribution in [0, 0.1) is 5.21 Å². The number of nitrogens with zero attached hydrogens (tertiary/aromatic N) is 3. The van der Waals surface area contributed by atoms with Gasteiger partial charge in [-0.15, -0.1) is 0 Å². The van der Waals surface area contributed by atoms with Gasteiger partial charge in [-0.3, -0.25) is 25.2 Å². The van der Waals surface area contributed by atoms with E-state index in [0.717, 1.165) is 19.3 Å². The van der Waals surface area contributed by atoms with E-state index in [1.54, 1.807) is 24.3 Å². The molecule has 9 nitrogen and oxygen atoms in total. The number of aromatic nitrogens is 3. The van der Waals surface area contributed by atoms with Crippen LogP contribution in [0.5, 0.6) is 0 Å². The number of unbranched alkanes of at least 4 members (excludes halogenated alkanes) is 2. The van der Waals surface area contributed by atoms with Crippen LogP contribution in [0.1, 0.15) is 47.0 Å². The van der Waals surface area contributed by atoms with E-state index in [1.807, 2.05) is 0 Å². The standard InChI is InChI=1S/C20H21N5O4/c1-2-3-6-11-25-20(28)16-8-5-4-7-15(16)17(23-25)19(27)22-21-18(26)14-9-12-24(29)13-10-14/h4-5,7-10,12-13H,2-3,6,11H2,1H3,(H,21,26)(H,22,27). The number of carbonyl (C=O) groups excluding carboxylic acids is 2. The summed E-state index contributed by atoms with van der Waals surface area (Å²) in [6, 6.07) is 9.38. The van der Waals surface area contributed by atoms with Crippen molar-refractivity contribution in [1.29, 1.82) is 0 Å². The van der Waals surface area contributed by atoms with Crippen LogP contribution < -0.4 is 21.1 Å². The summed E-state index contributed by atoms with van der Waals surface area (Å²) in [4.78, 5) is 37.5. The maximum absolute atomic E-state index is 12.7. The lowest BCUT2D eigenvalue weighted by Crippen LogP contribution is -2.43. The number of hydrogen-bond donors (Lipinski definition) is 2. The van der Waals surface area contributed by atoms with E-state index < -0.39 is 11.8 Å². The van der Waals surface area contributed by atoms with E-state index in [1.165, 1.54) is 29.2 Å². The Morgan fingerprint density at radius 2 is 1.69 bits per heavy atom. The number of benzene rings is 1. The van der Waals surface area contributed by atoms with Crippen molar-refractivity contribution in [3.8, 4) is 0 Å². The number of pyridine rings is 1. The molecule has 1 aromatic carbocycles. The van der Waals surface area contributed by atoms with E-state index >= 15 is 0 Å².